The predicted octanol–water partition coefficient (Wildman–Crippen LogP) is 5.52. The van der Waals surface area contributed by atoms with E-state index in [0.717, 1.165) is 16.5 Å². The van der Waals surface area contributed by atoms with E-state index in [0.29, 0.717) is 52.4 Å². The highest BCUT2D eigenvalue weighted by Crippen LogP contribution is 2.41. The summed E-state index contributed by atoms with van der Waals surface area (Å²) in [6.07, 6.45) is 0. The number of aryl methyl sites for hydroxylation is 1. The van der Waals surface area contributed by atoms with E-state index in [9.17, 15) is 9.59 Å². The number of furan rings is 1. The van der Waals surface area contributed by atoms with Crippen molar-refractivity contribution in [1.29, 1.82) is 0 Å². The molecule has 1 aliphatic rings. The predicted molar refractivity (Wildman–Crippen MR) is 123 cm³/mol. The molecule has 162 valence electrons. The van der Waals surface area contributed by atoms with Crippen molar-refractivity contribution < 1.29 is 23.1 Å². The van der Waals surface area contributed by atoms with Crippen LogP contribution in [0.15, 0.2) is 80.4 Å². The van der Waals surface area contributed by atoms with E-state index in [1.54, 1.807) is 24.3 Å². The van der Waals surface area contributed by atoms with Gasteiger partial charge in [-0.15, -0.1) is 0 Å². The molecule has 0 radical (unpaired) electrons. The number of fused-ring (bicyclic) bond motifs is 4. The molecule has 6 heteroatoms. The number of ether oxygens (including phenoxy) is 2. The van der Waals surface area contributed by atoms with Crippen LogP contribution in [0, 0.1) is 6.92 Å². The van der Waals surface area contributed by atoms with Gasteiger partial charge in [-0.3, -0.25) is 4.79 Å². The highest BCUT2D eigenvalue weighted by molar-refractivity contribution is 6.20. The van der Waals surface area contributed by atoms with Crippen molar-refractivity contribution in [1.82, 2.24) is 0 Å². The molecule has 0 saturated carbocycles. The van der Waals surface area contributed by atoms with Crippen molar-refractivity contribution in [3.05, 3.63) is 94.0 Å². The first kappa shape index (κ1) is 19.4. The monoisotopic (exact) mass is 438 g/mol. The van der Waals surface area contributed by atoms with Crippen LogP contribution in [0.1, 0.15) is 21.7 Å². The van der Waals surface area contributed by atoms with E-state index in [-0.39, 0.29) is 11.5 Å². The number of benzene rings is 3. The molecule has 6 nitrogen and oxygen atoms in total. The fraction of sp³-hybridized carbons (Fsp3) is 0.111. The Balaban J connectivity index is 1.65. The van der Waals surface area contributed by atoms with Crippen molar-refractivity contribution in [3.8, 4) is 22.6 Å². The highest BCUT2D eigenvalue weighted by atomic mass is 16.6. The summed E-state index contributed by atoms with van der Waals surface area (Å²) in [5.74, 6) is 1.00. The summed E-state index contributed by atoms with van der Waals surface area (Å²) in [5.41, 5.74) is 3.00. The molecule has 0 amide bonds. The molecule has 3 aromatic carbocycles. The Labute approximate surface area is 188 Å². The van der Waals surface area contributed by atoms with Gasteiger partial charge in [0, 0.05) is 22.6 Å². The van der Waals surface area contributed by atoms with Crippen LogP contribution in [0.3, 0.4) is 0 Å². The maximum Gasteiger partial charge on any atom is 0.336 e. The summed E-state index contributed by atoms with van der Waals surface area (Å²) in [7, 11) is 0. The maximum absolute atomic E-state index is 13.7. The smallest absolute Gasteiger partial charge is 0.336 e. The van der Waals surface area contributed by atoms with E-state index in [1.807, 2.05) is 43.3 Å². The standard InChI is InChI=1S/C27H18O6/c1-15-13-22(28)33-26-18(15)8-10-20-24(26)23(16-5-3-2-4-6-16)27(32-20)25(29)17-7-9-19-21(14-17)31-12-11-30-19/h2-10,13-14H,11-12H2,1H3. The van der Waals surface area contributed by atoms with Crippen LogP contribution in [-0.2, 0) is 0 Å². The molecule has 3 heterocycles. The number of hydrogen-bond donors (Lipinski definition) is 0. The van der Waals surface area contributed by atoms with Gasteiger partial charge in [-0.25, -0.2) is 4.79 Å². The normalized spacial score (nSPS) is 12.9. The minimum absolute atomic E-state index is 0.171. The molecule has 0 atom stereocenters. The average molecular weight is 438 g/mol. The Morgan fingerprint density at radius 3 is 2.45 bits per heavy atom. The molecule has 0 saturated heterocycles. The Kier molecular flexibility index (Phi) is 4.33. The Bertz CT molecular complexity index is 1610. The Morgan fingerprint density at radius 1 is 0.848 bits per heavy atom. The van der Waals surface area contributed by atoms with Gasteiger partial charge < -0.3 is 18.3 Å². The second-order valence-corrected chi connectivity index (χ2v) is 7.92. The van der Waals surface area contributed by atoms with Gasteiger partial charge in [0.05, 0.1) is 5.39 Å². The molecule has 33 heavy (non-hydrogen) atoms. The lowest BCUT2D eigenvalue weighted by Crippen LogP contribution is -2.15. The van der Waals surface area contributed by atoms with E-state index < -0.39 is 5.63 Å². The van der Waals surface area contributed by atoms with Gasteiger partial charge in [0.15, 0.2) is 17.3 Å². The lowest BCUT2D eigenvalue weighted by Gasteiger charge is -2.18. The van der Waals surface area contributed by atoms with Gasteiger partial charge in [-0.1, -0.05) is 30.3 Å². The van der Waals surface area contributed by atoms with Crippen molar-refractivity contribution in [3.63, 3.8) is 0 Å². The van der Waals surface area contributed by atoms with Crippen molar-refractivity contribution >= 4 is 27.7 Å². The van der Waals surface area contributed by atoms with Gasteiger partial charge in [-0.2, -0.15) is 0 Å². The molecule has 0 bridgehead atoms. The first-order valence-corrected chi connectivity index (χ1v) is 10.6. The quantitative estimate of drug-likeness (QED) is 0.273. The summed E-state index contributed by atoms with van der Waals surface area (Å²) in [6.45, 7) is 2.75. The zero-order valence-corrected chi connectivity index (χ0v) is 17.7. The van der Waals surface area contributed by atoms with Crippen LogP contribution in [0.2, 0.25) is 0 Å². The second kappa shape index (κ2) is 7.38. The molecule has 0 unspecified atom stereocenters. The zero-order valence-electron chi connectivity index (χ0n) is 17.7. The van der Waals surface area contributed by atoms with E-state index in [2.05, 4.69) is 0 Å². The minimum Gasteiger partial charge on any atom is -0.486 e. The molecule has 0 spiro atoms. The van der Waals surface area contributed by atoms with E-state index in [1.165, 1.54) is 6.07 Å². The fourth-order valence-corrected chi connectivity index (χ4v) is 4.32. The van der Waals surface area contributed by atoms with Gasteiger partial charge in [0.2, 0.25) is 5.78 Å². The third kappa shape index (κ3) is 3.10. The summed E-state index contributed by atoms with van der Waals surface area (Å²) in [5, 5.41) is 1.39. The largest absolute Gasteiger partial charge is 0.486 e. The molecule has 0 N–H and O–H groups in total. The van der Waals surface area contributed by atoms with Crippen LogP contribution in [0.25, 0.3) is 33.1 Å². The van der Waals surface area contributed by atoms with Crippen molar-refractivity contribution in [2.45, 2.75) is 6.92 Å². The molecule has 0 aliphatic carbocycles. The second-order valence-electron chi connectivity index (χ2n) is 7.92. The maximum atomic E-state index is 13.7. The first-order chi connectivity index (χ1) is 16.1. The number of ketones is 1. The van der Waals surface area contributed by atoms with Gasteiger partial charge in [-0.05, 0) is 48.4 Å². The summed E-state index contributed by atoms with van der Waals surface area (Å²) in [6, 6.07) is 19.7. The SMILES string of the molecule is Cc1cc(=O)oc2c1ccc1oc(C(=O)c3ccc4c(c3)OCCO4)c(-c3ccccc3)c12. The first-order valence-electron chi connectivity index (χ1n) is 10.6. The van der Waals surface area contributed by atoms with Crippen LogP contribution < -0.4 is 15.1 Å². The summed E-state index contributed by atoms with van der Waals surface area (Å²) < 4.78 is 23.0. The highest BCUT2D eigenvalue weighted by Gasteiger charge is 2.27. The van der Waals surface area contributed by atoms with Crippen LogP contribution >= 0.6 is 0 Å². The summed E-state index contributed by atoms with van der Waals surface area (Å²) in [4.78, 5) is 25.9. The van der Waals surface area contributed by atoms with Gasteiger partial charge in [0.1, 0.15) is 24.4 Å². The Morgan fingerprint density at radius 2 is 1.64 bits per heavy atom. The van der Waals surface area contributed by atoms with Gasteiger partial charge in [0.25, 0.3) is 0 Å². The molecular formula is C27H18O6. The van der Waals surface area contributed by atoms with Crippen molar-refractivity contribution in [2.75, 3.05) is 13.2 Å². The zero-order chi connectivity index (χ0) is 22.5. The van der Waals surface area contributed by atoms with Crippen LogP contribution in [0.5, 0.6) is 11.5 Å². The van der Waals surface area contributed by atoms with Crippen LogP contribution in [0.4, 0.5) is 0 Å². The lowest BCUT2D eigenvalue weighted by atomic mass is 9.96. The third-order valence-corrected chi connectivity index (χ3v) is 5.84. The molecule has 1 aliphatic heterocycles. The van der Waals surface area contributed by atoms with Crippen LogP contribution in [-0.4, -0.2) is 19.0 Å². The number of carbonyl (C=O) groups is 1. The number of hydrogen-bond acceptors (Lipinski definition) is 6. The third-order valence-electron chi connectivity index (χ3n) is 5.84. The van der Waals surface area contributed by atoms with E-state index >= 15 is 0 Å². The average Bonchev–Trinajstić information content (AvgIpc) is 3.24. The minimum atomic E-state index is -0.451. The molecule has 5 aromatic rings. The topological polar surface area (TPSA) is 78.9 Å². The van der Waals surface area contributed by atoms with Crippen molar-refractivity contribution in [2.24, 2.45) is 0 Å². The number of rotatable bonds is 3. The van der Waals surface area contributed by atoms with E-state index in [4.69, 9.17) is 18.3 Å². The molecular weight excluding hydrogens is 420 g/mol. The van der Waals surface area contributed by atoms with Gasteiger partial charge >= 0.3 is 5.63 Å². The lowest BCUT2D eigenvalue weighted by molar-refractivity contribution is 0.101. The fourth-order valence-electron chi connectivity index (χ4n) is 4.32. The number of carbonyl (C=O) groups excluding carboxylic acids is 1. The molecule has 2 aromatic heterocycles. The molecule has 6 rings (SSSR count). The Hall–Kier alpha value is -4.32. The summed E-state index contributed by atoms with van der Waals surface area (Å²) >= 11 is 0. The molecule has 0 fully saturated rings.